The molecule has 6 aromatic rings. The van der Waals surface area contributed by atoms with Gasteiger partial charge in [-0.2, -0.15) is 10.2 Å². The maximum absolute atomic E-state index is 13.4. The number of para-hydroxylation sites is 1. The third kappa shape index (κ3) is 6.74. The molecule has 4 aromatic heterocycles. The summed E-state index contributed by atoms with van der Waals surface area (Å²) in [6.07, 6.45) is 2.40. The Labute approximate surface area is 285 Å². The highest BCUT2D eigenvalue weighted by atomic mass is 16.2. The van der Waals surface area contributed by atoms with Gasteiger partial charge < -0.3 is 19.8 Å². The van der Waals surface area contributed by atoms with Crippen LogP contribution in [-0.4, -0.2) is 57.9 Å². The van der Waals surface area contributed by atoms with Crippen molar-refractivity contribution in [3.05, 3.63) is 89.0 Å². The van der Waals surface area contributed by atoms with E-state index in [0.717, 1.165) is 76.5 Å². The average molecular weight is 662 g/mol. The minimum Gasteiger partial charge on any atom is -0.324 e. The summed E-state index contributed by atoms with van der Waals surface area (Å²) < 4.78 is 7.83. The van der Waals surface area contributed by atoms with Crippen molar-refractivity contribution in [2.75, 3.05) is 17.7 Å². The number of unbranched alkanes of at least 4 members (excludes halogenated alkanes) is 1. The van der Waals surface area contributed by atoms with Crippen LogP contribution >= 0.6 is 0 Å². The number of hydrogen-bond acceptors (Lipinski definition) is 8. The van der Waals surface area contributed by atoms with Crippen LogP contribution in [-0.2, 0) is 32.7 Å². The van der Waals surface area contributed by atoms with Gasteiger partial charge in [0, 0.05) is 38.3 Å². The topological polar surface area (TPSA) is 142 Å². The Hall–Kier alpha value is -5.56. The summed E-state index contributed by atoms with van der Waals surface area (Å²) in [5, 5.41) is 18.8. The highest BCUT2D eigenvalue weighted by Crippen LogP contribution is 2.27. The summed E-state index contributed by atoms with van der Waals surface area (Å²) in [5.74, 6) is 0.860. The van der Waals surface area contributed by atoms with Crippen LogP contribution in [0.15, 0.2) is 55.1 Å². The lowest BCUT2D eigenvalue weighted by atomic mass is 10.2. The quantitative estimate of drug-likeness (QED) is 0.0929. The minimum atomic E-state index is -0.285. The Morgan fingerprint density at radius 3 is 2.16 bits per heavy atom. The standard InChI is InChI=1S/C36H43N11O2/c1-7-46-31(18-23(3)42-46)25(5)38-35-40-33-27(21-37-6)12-11-13-30(33)45(35)17-10-9-16-44-29-15-14-26(22-48)20-28(29)39-36(44)41-34(49)32-19-24(4)43-47(32)8-2/h11-15,18-20,22,37H,5,7-10,16-17,21H2,1-4,6H3,(H,38,40)(H,39,41,49). The molecule has 0 aliphatic heterocycles. The van der Waals surface area contributed by atoms with Gasteiger partial charge in [0.15, 0.2) is 0 Å². The lowest BCUT2D eigenvalue weighted by molar-refractivity contribution is 0.101. The molecule has 0 aliphatic carbocycles. The number of aromatic nitrogens is 8. The number of carbonyl (C=O) groups is 2. The largest absolute Gasteiger partial charge is 0.324 e. The number of nitrogens with one attached hydrogen (secondary N) is 3. The van der Waals surface area contributed by atoms with Crippen LogP contribution in [0.5, 0.6) is 0 Å². The van der Waals surface area contributed by atoms with Crippen molar-refractivity contribution in [3.8, 4) is 0 Å². The van der Waals surface area contributed by atoms with Crippen LogP contribution in [0.25, 0.3) is 27.8 Å². The van der Waals surface area contributed by atoms with E-state index in [1.807, 2.05) is 49.2 Å². The molecule has 13 heteroatoms. The fourth-order valence-electron chi connectivity index (χ4n) is 6.30. The van der Waals surface area contributed by atoms with Gasteiger partial charge in [0.05, 0.1) is 44.8 Å². The SMILES string of the molecule is C=C(Nc1nc2c(CNC)cccc2n1CCCCn1c(NC(=O)c2cc(C)nn2CC)nc2cc(C=O)ccc21)c1cc(C)nn1CC. The summed E-state index contributed by atoms with van der Waals surface area (Å²) in [4.78, 5) is 34.7. The average Bonchev–Trinajstić information content (AvgIpc) is 3.85. The number of aryl methyl sites for hydroxylation is 6. The van der Waals surface area contributed by atoms with Gasteiger partial charge in [-0.05, 0) is 89.5 Å². The summed E-state index contributed by atoms with van der Waals surface area (Å²) in [6, 6.07) is 15.4. The van der Waals surface area contributed by atoms with Gasteiger partial charge in [0.2, 0.25) is 11.9 Å². The first-order chi connectivity index (χ1) is 23.7. The molecule has 49 heavy (non-hydrogen) atoms. The molecule has 254 valence electrons. The summed E-state index contributed by atoms with van der Waals surface area (Å²) in [5.41, 5.74) is 8.91. The second-order valence-corrected chi connectivity index (χ2v) is 12.1. The number of rotatable bonds is 15. The van der Waals surface area contributed by atoms with Crippen molar-refractivity contribution in [1.29, 1.82) is 0 Å². The Bertz CT molecular complexity index is 2160. The van der Waals surface area contributed by atoms with E-state index < -0.39 is 0 Å². The van der Waals surface area contributed by atoms with Crippen molar-refractivity contribution < 1.29 is 9.59 Å². The van der Waals surface area contributed by atoms with E-state index in [-0.39, 0.29) is 5.91 Å². The van der Waals surface area contributed by atoms with Crippen LogP contribution in [0.2, 0.25) is 0 Å². The summed E-state index contributed by atoms with van der Waals surface area (Å²) >= 11 is 0. The zero-order valence-corrected chi connectivity index (χ0v) is 28.7. The molecule has 0 spiro atoms. The van der Waals surface area contributed by atoms with Gasteiger partial charge >= 0.3 is 0 Å². The lowest BCUT2D eigenvalue weighted by Gasteiger charge is -2.14. The highest BCUT2D eigenvalue weighted by Gasteiger charge is 2.20. The van der Waals surface area contributed by atoms with E-state index in [2.05, 4.69) is 62.4 Å². The Morgan fingerprint density at radius 2 is 1.49 bits per heavy atom. The van der Waals surface area contributed by atoms with Crippen molar-refractivity contribution in [3.63, 3.8) is 0 Å². The fourth-order valence-corrected chi connectivity index (χ4v) is 6.30. The molecule has 0 radical (unpaired) electrons. The first-order valence-electron chi connectivity index (χ1n) is 16.7. The Kier molecular flexibility index (Phi) is 9.72. The summed E-state index contributed by atoms with van der Waals surface area (Å²) in [6.45, 7) is 15.5. The van der Waals surface area contributed by atoms with Gasteiger partial charge in [-0.1, -0.05) is 18.7 Å². The zero-order chi connectivity index (χ0) is 34.7. The second kappa shape index (κ2) is 14.3. The number of hydrogen-bond donors (Lipinski definition) is 3. The predicted octanol–water partition coefficient (Wildman–Crippen LogP) is 5.78. The molecule has 0 aliphatic rings. The molecule has 0 saturated carbocycles. The smallest absolute Gasteiger partial charge is 0.276 e. The molecule has 0 unspecified atom stereocenters. The molecule has 0 fully saturated rings. The van der Waals surface area contributed by atoms with Crippen molar-refractivity contribution in [1.82, 2.24) is 44.0 Å². The molecule has 6 rings (SSSR count). The number of carbonyl (C=O) groups excluding carboxylic acids is 2. The number of anilines is 2. The number of fused-ring (bicyclic) bond motifs is 2. The Morgan fingerprint density at radius 1 is 0.837 bits per heavy atom. The number of nitrogens with zero attached hydrogens (tertiary/aromatic N) is 8. The normalized spacial score (nSPS) is 11.4. The van der Waals surface area contributed by atoms with Crippen molar-refractivity contribution in [2.24, 2.45) is 0 Å². The van der Waals surface area contributed by atoms with E-state index in [1.165, 1.54) is 0 Å². The van der Waals surface area contributed by atoms with E-state index in [4.69, 9.17) is 9.97 Å². The third-order valence-corrected chi connectivity index (χ3v) is 8.58. The molecule has 4 heterocycles. The molecule has 13 nitrogen and oxygen atoms in total. The zero-order valence-electron chi connectivity index (χ0n) is 28.7. The number of benzene rings is 2. The molecule has 0 atom stereocenters. The number of amides is 1. The molecule has 3 N–H and O–H groups in total. The van der Waals surface area contributed by atoms with Crippen molar-refractivity contribution in [2.45, 2.75) is 73.3 Å². The molecular weight excluding hydrogens is 618 g/mol. The number of aldehydes is 1. The van der Waals surface area contributed by atoms with E-state index in [9.17, 15) is 9.59 Å². The summed E-state index contributed by atoms with van der Waals surface area (Å²) in [7, 11) is 1.93. The maximum atomic E-state index is 13.4. The molecular formula is C36H43N11O2. The Balaban J connectivity index is 1.26. The first kappa shape index (κ1) is 33.3. The first-order valence-corrected chi connectivity index (χ1v) is 16.7. The van der Waals surface area contributed by atoms with Crippen LogP contribution < -0.4 is 16.0 Å². The van der Waals surface area contributed by atoms with E-state index >= 15 is 0 Å². The van der Waals surface area contributed by atoms with Gasteiger partial charge in [-0.25, -0.2) is 9.97 Å². The van der Waals surface area contributed by atoms with Gasteiger partial charge in [0.25, 0.3) is 5.91 Å². The number of imidazole rings is 2. The molecule has 2 aromatic carbocycles. The van der Waals surface area contributed by atoms with Gasteiger partial charge in [-0.3, -0.25) is 24.3 Å². The molecule has 0 bridgehead atoms. The minimum absolute atomic E-state index is 0.285. The lowest BCUT2D eigenvalue weighted by Crippen LogP contribution is -2.20. The van der Waals surface area contributed by atoms with Crippen LogP contribution in [0, 0.1) is 13.8 Å². The second-order valence-electron chi connectivity index (χ2n) is 12.1. The van der Waals surface area contributed by atoms with Crippen LogP contribution in [0.3, 0.4) is 0 Å². The van der Waals surface area contributed by atoms with Gasteiger partial charge in [-0.15, -0.1) is 0 Å². The van der Waals surface area contributed by atoms with Crippen LogP contribution in [0.4, 0.5) is 11.9 Å². The highest BCUT2D eigenvalue weighted by molar-refractivity contribution is 6.03. The molecule has 1 amide bonds. The predicted molar refractivity (Wildman–Crippen MR) is 193 cm³/mol. The van der Waals surface area contributed by atoms with Crippen LogP contribution in [0.1, 0.15) is 70.2 Å². The van der Waals surface area contributed by atoms with Gasteiger partial charge in [0.1, 0.15) is 12.0 Å². The van der Waals surface area contributed by atoms with Crippen molar-refractivity contribution >= 4 is 51.9 Å². The van der Waals surface area contributed by atoms with E-state index in [1.54, 1.807) is 22.9 Å². The monoisotopic (exact) mass is 661 g/mol. The fraction of sp³-hybridized carbons (Fsp3) is 0.333. The maximum Gasteiger partial charge on any atom is 0.276 e. The molecule has 0 saturated heterocycles. The third-order valence-electron chi connectivity index (χ3n) is 8.58. The van der Waals surface area contributed by atoms with E-state index in [0.29, 0.717) is 48.9 Å².